The summed E-state index contributed by atoms with van der Waals surface area (Å²) in [6.07, 6.45) is 1.87. The number of benzene rings is 1. The van der Waals surface area contributed by atoms with Crippen molar-refractivity contribution in [3.05, 3.63) is 35.9 Å². The second-order valence-corrected chi connectivity index (χ2v) is 5.56. The van der Waals surface area contributed by atoms with Crippen LogP contribution in [0.4, 0.5) is 0 Å². The van der Waals surface area contributed by atoms with E-state index in [1.54, 1.807) is 4.90 Å². The summed E-state index contributed by atoms with van der Waals surface area (Å²) < 4.78 is 0. The zero-order valence-electron chi connectivity index (χ0n) is 10.8. The van der Waals surface area contributed by atoms with E-state index >= 15 is 0 Å². The molecule has 1 amide bonds. The summed E-state index contributed by atoms with van der Waals surface area (Å²) in [6.45, 7) is 0.814. The van der Waals surface area contributed by atoms with Crippen LogP contribution in [0.3, 0.4) is 0 Å². The van der Waals surface area contributed by atoms with E-state index < -0.39 is 11.9 Å². The molecular formula is C14H17NO3S. The van der Waals surface area contributed by atoms with Gasteiger partial charge in [0.15, 0.2) is 0 Å². The van der Waals surface area contributed by atoms with E-state index in [9.17, 15) is 14.7 Å². The lowest BCUT2D eigenvalue weighted by Gasteiger charge is -2.15. The molecule has 2 rings (SSSR count). The van der Waals surface area contributed by atoms with Crippen molar-refractivity contribution in [2.75, 3.05) is 25.1 Å². The second kappa shape index (κ2) is 6.10. The van der Waals surface area contributed by atoms with E-state index in [-0.39, 0.29) is 11.8 Å². The number of carbonyl (C=O) groups is 2. The number of carboxylic acids is 1. The third-order valence-electron chi connectivity index (χ3n) is 3.49. The summed E-state index contributed by atoms with van der Waals surface area (Å²) >= 11 is 1.46. The lowest BCUT2D eigenvalue weighted by Crippen LogP contribution is -2.31. The van der Waals surface area contributed by atoms with Gasteiger partial charge < -0.3 is 10.0 Å². The Bertz CT molecular complexity index is 463. The van der Waals surface area contributed by atoms with E-state index in [1.165, 1.54) is 11.8 Å². The Morgan fingerprint density at radius 3 is 2.58 bits per heavy atom. The lowest BCUT2D eigenvalue weighted by molar-refractivity contribution is -0.141. The number of rotatable bonds is 4. The standard InChI is InChI=1S/C14H17NO3S/c1-19-9-13(16)15-7-11(12(8-15)14(17)18)10-5-3-2-4-6-10/h2-6,11-12H,7-9H2,1H3,(H,17,18)/t11-,12+/m1/s1. The van der Waals surface area contributed by atoms with Crippen LogP contribution in [-0.2, 0) is 9.59 Å². The molecule has 0 saturated carbocycles. The molecule has 1 saturated heterocycles. The zero-order chi connectivity index (χ0) is 13.8. The summed E-state index contributed by atoms with van der Waals surface area (Å²) in [4.78, 5) is 24.9. The van der Waals surface area contributed by atoms with Crippen LogP contribution in [0.5, 0.6) is 0 Å². The summed E-state index contributed by atoms with van der Waals surface area (Å²) in [5.74, 6) is -1.00. The number of hydrogen-bond donors (Lipinski definition) is 1. The molecule has 0 bridgehead atoms. The molecule has 0 aromatic heterocycles. The minimum absolute atomic E-state index is 0.0252. The highest BCUT2D eigenvalue weighted by atomic mass is 32.2. The molecule has 19 heavy (non-hydrogen) atoms. The van der Waals surface area contributed by atoms with E-state index in [0.717, 1.165) is 5.56 Å². The molecule has 1 N–H and O–H groups in total. The molecule has 0 aliphatic carbocycles. The second-order valence-electron chi connectivity index (χ2n) is 4.69. The Balaban J connectivity index is 2.18. The average Bonchev–Trinajstić information content (AvgIpc) is 2.85. The van der Waals surface area contributed by atoms with Gasteiger partial charge in [0, 0.05) is 19.0 Å². The van der Waals surface area contributed by atoms with Crippen molar-refractivity contribution < 1.29 is 14.7 Å². The average molecular weight is 279 g/mol. The molecule has 0 spiro atoms. The van der Waals surface area contributed by atoms with E-state index in [4.69, 9.17) is 0 Å². The van der Waals surface area contributed by atoms with Crippen molar-refractivity contribution in [1.82, 2.24) is 4.90 Å². The van der Waals surface area contributed by atoms with Gasteiger partial charge in [0.25, 0.3) is 0 Å². The fraction of sp³-hybridized carbons (Fsp3) is 0.429. The van der Waals surface area contributed by atoms with Gasteiger partial charge >= 0.3 is 5.97 Å². The SMILES string of the molecule is CSCC(=O)N1C[C@H](C(=O)O)[C@@H](c2ccccc2)C1. The van der Waals surface area contributed by atoms with Crippen molar-refractivity contribution in [3.63, 3.8) is 0 Å². The largest absolute Gasteiger partial charge is 0.481 e. The highest BCUT2D eigenvalue weighted by Crippen LogP contribution is 2.33. The van der Waals surface area contributed by atoms with Crippen molar-refractivity contribution >= 4 is 23.6 Å². The molecule has 5 heteroatoms. The van der Waals surface area contributed by atoms with Gasteiger partial charge in [0.1, 0.15) is 0 Å². The number of nitrogens with zero attached hydrogens (tertiary/aromatic N) is 1. The molecule has 1 heterocycles. The third-order valence-corrected chi connectivity index (χ3v) is 4.02. The van der Waals surface area contributed by atoms with Gasteiger partial charge in [-0.3, -0.25) is 9.59 Å². The maximum absolute atomic E-state index is 11.9. The third kappa shape index (κ3) is 3.10. The first-order chi connectivity index (χ1) is 9.13. The predicted octanol–water partition coefficient (Wildman–Crippen LogP) is 1.68. The highest BCUT2D eigenvalue weighted by molar-refractivity contribution is 7.99. The number of carbonyl (C=O) groups excluding carboxylic acids is 1. The van der Waals surface area contributed by atoms with Gasteiger partial charge in [-0.25, -0.2) is 0 Å². The number of amides is 1. The van der Waals surface area contributed by atoms with Gasteiger partial charge in [-0.15, -0.1) is 0 Å². The first-order valence-corrected chi connectivity index (χ1v) is 7.57. The Kier molecular flexibility index (Phi) is 4.47. The zero-order valence-corrected chi connectivity index (χ0v) is 11.6. The first-order valence-electron chi connectivity index (χ1n) is 6.18. The van der Waals surface area contributed by atoms with Crippen LogP contribution in [0, 0.1) is 5.92 Å². The Hall–Kier alpha value is -1.49. The van der Waals surface area contributed by atoms with Crippen LogP contribution in [0.25, 0.3) is 0 Å². The number of aliphatic carboxylic acids is 1. The molecule has 1 aliphatic heterocycles. The Morgan fingerprint density at radius 1 is 1.32 bits per heavy atom. The Morgan fingerprint density at radius 2 is 2.00 bits per heavy atom. The topological polar surface area (TPSA) is 57.6 Å². The number of thioether (sulfide) groups is 1. The quantitative estimate of drug-likeness (QED) is 0.911. The maximum Gasteiger partial charge on any atom is 0.308 e. The van der Waals surface area contributed by atoms with Crippen LogP contribution in [0.1, 0.15) is 11.5 Å². The summed E-state index contributed by atoms with van der Waals surface area (Å²) in [7, 11) is 0. The van der Waals surface area contributed by atoms with Crippen molar-refractivity contribution in [2.45, 2.75) is 5.92 Å². The number of likely N-dealkylation sites (tertiary alicyclic amines) is 1. The van der Waals surface area contributed by atoms with Crippen molar-refractivity contribution in [2.24, 2.45) is 5.92 Å². The van der Waals surface area contributed by atoms with Gasteiger partial charge in [0.05, 0.1) is 11.7 Å². The van der Waals surface area contributed by atoms with Crippen LogP contribution >= 0.6 is 11.8 Å². The molecule has 102 valence electrons. The lowest BCUT2D eigenvalue weighted by atomic mass is 9.89. The first kappa shape index (κ1) is 13.9. The molecule has 1 aliphatic rings. The summed E-state index contributed by atoms with van der Waals surface area (Å²) in [5.41, 5.74) is 0.995. The smallest absolute Gasteiger partial charge is 0.308 e. The monoisotopic (exact) mass is 279 g/mol. The van der Waals surface area contributed by atoms with Crippen molar-refractivity contribution in [1.29, 1.82) is 0 Å². The van der Waals surface area contributed by atoms with E-state index in [2.05, 4.69) is 0 Å². The normalized spacial score (nSPS) is 22.5. The van der Waals surface area contributed by atoms with E-state index in [0.29, 0.717) is 18.8 Å². The molecule has 0 radical (unpaired) electrons. The molecule has 1 fully saturated rings. The maximum atomic E-state index is 11.9. The molecule has 0 unspecified atom stereocenters. The van der Waals surface area contributed by atoms with Gasteiger partial charge in [-0.05, 0) is 11.8 Å². The van der Waals surface area contributed by atoms with Crippen LogP contribution < -0.4 is 0 Å². The minimum Gasteiger partial charge on any atom is -0.481 e. The van der Waals surface area contributed by atoms with Gasteiger partial charge in [-0.2, -0.15) is 11.8 Å². The minimum atomic E-state index is -0.826. The number of hydrogen-bond acceptors (Lipinski definition) is 3. The van der Waals surface area contributed by atoms with Gasteiger partial charge in [-0.1, -0.05) is 30.3 Å². The predicted molar refractivity (Wildman–Crippen MR) is 75.3 cm³/mol. The fourth-order valence-corrected chi connectivity index (χ4v) is 2.94. The Labute approximate surface area is 116 Å². The molecular weight excluding hydrogens is 262 g/mol. The molecule has 1 aromatic carbocycles. The highest BCUT2D eigenvalue weighted by Gasteiger charge is 2.40. The van der Waals surface area contributed by atoms with Crippen LogP contribution in [-0.4, -0.2) is 47.0 Å². The molecule has 4 nitrogen and oxygen atoms in total. The summed E-state index contributed by atoms with van der Waals surface area (Å²) in [5, 5.41) is 9.33. The van der Waals surface area contributed by atoms with Gasteiger partial charge in [0.2, 0.25) is 5.91 Å². The molecule has 2 atom stereocenters. The van der Waals surface area contributed by atoms with Crippen molar-refractivity contribution in [3.8, 4) is 0 Å². The van der Waals surface area contributed by atoms with Crippen LogP contribution in [0.15, 0.2) is 30.3 Å². The summed E-state index contributed by atoms with van der Waals surface area (Å²) in [6, 6.07) is 9.58. The van der Waals surface area contributed by atoms with E-state index in [1.807, 2.05) is 36.6 Å². The molecule has 1 aromatic rings. The van der Waals surface area contributed by atoms with Crippen LogP contribution in [0.2, 0.25) is 0 Å². The fourth-order valence-electron chi connectivity index (χ4n) is 2.51. The number of carboxylic acid groups (broad SMARTS) is 1.